The van der Waals surface area contributed by atoms with Crippen molar-refractivity contribution in [3.63, 3.8) is 0 Å². The van der Waals surface area contributed by atoms with Gasteiger partial charge >= 0.3 is 0 Å². The fourth-order valence-corrected chi connectivity index (χ4v) is 9.73. The van der Waals surface area contributed by atoms with Crippen LogP contribution in [0.2, 0.25) is 0 Å². The zero-order valence-corrected chi connectivity index (χ0v) is 39.9. The van der Waals surface area contributed by atoms with E-state index in [0.717, 1.165) is 66.8 Å². The molecule has 68 heavy (non-hydrogen) atoms. The van der Waals surface area contributed by atoms with Gasteiger partial charge in [0.1, 0.15) is 0 Å². The summed E-state index contributed by atoms with van der Waals surface area (Å²) >= 11 is 0. The Morgan fingerprint density at radius 1 is 0.279 bits per heavy atom. The molecule has 0 N–H and O–H groups in total. The molecule has 0 fully saturated rings. The molecule has 0 radical (unpaired) electrons. The fraction of sp³-hybridized carbons (Fsp3) is 0.286. The zero-order valence-electron chi connectivity index (χ0n) is 39.9. The highest BCUT2D eigenvalue weighted by Crippen LogP contribution is 2.36. The van der Waals surface area contributed by atoms with Gasteiger partial charge < -0.3 is 0 Å². The first-order valence-electron chi connectivity index (χ1n) is 23.4. The van der Waals surface area contributed by atoms with Crippen LogP contribution in [0, 0.1) is 13.8 Å². The van der Waals surface area contributed by atoms with E-state index < -0.39 is 0 Å². The molecule has 0 unspecified atom stereocenters. The van der Waals surface area contributed by atoms with Gasteiger partial charge in [0.2, 0.25) is 0 Å². The predicted molar refractivity (Wildman–Crippen MR) is 264 cm³/mol. The van der Waals surface area contributed by atoms with Crippen LogP contribution in [0.25, 0.3) is 0 Å². The van der Waals surface area contributed by atoms with Crippen molar-refractivity contribution in [3.8, 4) is 0 Å². The third kappa shape index (κ3) is 9.23. The van der Waals surface area contributed by atoms with E-state index in [4.69, 9.17) is 0 Å². The van der Waals surface area contributed by atoms with Crippen LogP contribution in [0.4, 0.5) is 22.7 Å². The summed E-state index contributed by atoms with van der Waals surface area (Å²) in [4.78, 5) is 104. The number of nitrogens with zero attached hydrogens (tertiary/aromatic N) is 4. The van der Waals surface area contributed by atoms with Crippen molar-refractivity contribution in [2.24, 2.45) is 0 Å². The fourth-order valence-electron chi connectivity index (χ4n) is 9.73. The molecule has 8 amide bonds. The zero-order chi connectivity index (χ0) is 49.1. The third-order valence-electron chi connectivity index (χ3n) is 12.8. The van der Waals surface area contributed by atoms with Gasteiger partial charge in [-0.3, -0.25) is 38.4 Å². The highest BCUT2D eigenvalue weighted by atomic mass is 16.2. The molecule has 8 rings (SSSR count). The van der Waals surface area contributed by atoms with Crippen molar-refractivity contribution in [3.05, 3.63) is 164 Å². The van der Waals surface area contributed by atoms with E-state index >= 15 is 0 Å². The van der Waals surface area contributed by atoms with Crippen LogP contribution in [-0.4, -0.2) is 47.3 Å². The maximum absolute atomic E-state index is 12.4. The number of anilines is 4. The Bertz CT molecular complexity index is 2650. The number of hydrogen-bond acceptors (Lipinski definition) is 8. The van der Waals surface area contributed by atoms with Crippen molar-refractivity contribution in [1.82, 2.24) is 0 Å². The minimum atomic E-state index is -0.315. The molecule has 348 valence electrons. The molecule has 4 aliphatic rings. The first-order chi connectivity index (χ1) is 32.6. The molecular weight excluding hydrogens is 857 g/mol. The summed E-state index contributed by atoms with van der Waals surface area (Å²) in [6.07, 6.45) is 16.0. The highest BCUT2D eigenvalue weighted by molar-refractivity contribution is 6.31. The molecule has 4 aromatic rings. The number of aryl methyl sites for hydroxylation is 8. The van der Waals surface area contributed by atoms with Crippen molar-refractivity contribution in [1.29, 1.82) is 0 Å². The van der Waals surface area contributed by atoms with Gasteiger partial charge in [0.05, 0.1) is 22.7 Å². The second kappa shape index (κ2) is 20.1. The van der Waals surface area contributed by atoms with Crippen LogP contribution in [0.5, 0.6) is 0 Å². The molecule has 0 bridgehead atoms. The molecule has 0 saturated heterocycles. The molecule has 0 atom stereocenters. The Hall–Kier alpha value is -7.60. The van der Waals surface area contributed by atoms with Gasteiger partial charge in [0.25, 0.3) is 47.3 Å². The average molecular weight is 913 g/mol. The first-order valence-corrected chi connectivity index (χ1v) is 23.4. The number of imide groups is 4. The number of benzene rings is 4. The lowest BCUT2D eigenvalue weighted by molar-refractivity contribution is -0.121. The summed E-state index contributed by atoms with van der Waals surface area (Å²) < 4.78 is 0. The second-order valence-electron chi connectivity index (χ2n) is 17.2. The molecule has 4 aromatic carbocycles. The maximum Gasteiger partial charge on any atom is 0.258 e. The van der Waals surface area contributed by atoms with Crippen LogP contribution in [0.15, 0.2) is 97.1 Å². The normalized spacial score (nSPS) is 15.4. The van der Waals surface area contributed by atoms with Crippen molar-refractivity contribution < 1.29 is 38.4 Å². The third-order valence-corrected chi connectivity index (χ3v) is 12.8. The van der Waals surface area contributed by atoms with E-state index in [-0.39, 0.29) is 47.3 Å². The predicted octanol–water partition coefficient (Wildman–Crippen LogP) is 8.26. The molecule has 4 heterocycles. The van der Waals surface area contributed by atoms with Gasteiger partial charge in [-0.25, -0.2) is 19.6 Å². The van der Waals surface area contributed by atoms with E-state index in [1.165, 1.54) is 68.2 Å². The van der Waals surface area contributed by atoms with E-state index in [2.05, 4.69) is 24.3 Å². The summed E-state index contributed by atoms with van der Waals surface area (Å²) in [5.41, 5.74) is 14.6. The number of carbonyl (C=O) groups is 8. The Labute approximate surface area is 397 Å². The van der Waals surface area contributed by atoms with Crippen molar-refractivity contribution >= 4 is 70.0 Å². The summed E-state index contributed by atoms with van der Waals surface area (Å²) in [6.45, 7) is 15.9. The molecule has 12 nitrogen and oxygen atoms in total. The largest absolute Gasteiger partial charge is 0.269 e. The lowest BCUT2D eigenvalue weighted by Gasteiger charge is -2.24. The van der Waals surface area contributed by atoms with Gasteiger partial charge in [-0.15, -0.1) is 0 Å². The average Bonchev–Trinajstić information content (AvgIpc) is 4.05. The van der Waals surface area contributed by atoms with Crippen LogP contribution in [0.3, 0.4) is 0 Å². The van der Waals surface area contributed by atoms with Crippen LogP contribution < -0.4 is 19.6 Å². The van der Waals surface area contributed by atoms with E-state index in [9.17, 15) is 38.4 Å². The van der Waals surface area contributed by atoms with E-state index in [0.29, 0.717) is 74.1 Å². The van der Waals surface area contributed by atoms with Crippen LogP contribution in [0.1, 0.15) is 108 Å². The summed E-state index contributed by atoms with van der Waals surface area (Å²) in [5, 5.41) is 0. The minimum absolute atomic E-state index is 0.302. The van der Waals surface area contributed by atoms with E-state index in [1.54, 1.807) is 0 Å². The molecular formula is C56H56N4O8. The summed E-state index contributed by atoms with van der Waals surface area (Å²) in [6, 6.07) is 16.4. The van der Waals surface area contributed by atoms with Gasteiger partial charge in [-0.05, 0) is 132 Å². The van der Waals surface area contributed by atoms with Gasteiger partial charge in [0.15, 0.2) is 0 Å². The number of amides is 8. The smallest absolute Gasteiger partial charge is 0.258 e. The van der Waals surface area contributed by atoms with Crippen molar-refractivity contribution in [2.75, 3.05) is 19.6 Å². The number of rotatable bonds is 14. The topological polar surface area (TPSA) is 150 Å². The molecule has 0 spiro atoms. The van der Waals surface area contributed by atoms with E-state index in [1.807, 2.05) is 79.7 Å². The monoisotopic (exact) mass is 912 g/mol. The molecule has 0 aromatic heterocycles. The standard InChI is InChI=1S/C29H30N2O4.C27H26N2O4/c1-5-20-14-18(15-21(6-2)28(20)30-24(32)9-10-25(30)33)13-19-16-22(7-3)29(23(8-4)17-19)31-26(34)11-12-27(31)35;1-5-20-14-18(11-16(3)26(20)28-22(30)7-8-23(28)31)13-19-12-17(4)27(21(6-2)15-19)29-24(32)9-10-25(29)33/h9-12,14-17H,5-8,13H2,1-4H3;7-12,14-15H,5-6,13H2,1-4H3. The van der Waals surface area contributed by atoms with Crippen LogP contribution >= 0.6 is 0 Å². The Balaban J connectivity index is 0.000000202. The second-order valence-corrected chi connectivity index (χ2v) is 17.2. The Morgan fingerprint density at radius 3 is 0.662 bits per heavy atom. The van der Waals surface area contributed by atoms with Gasteiger partial charge in [0, 0.05) is 48.6 Å². The Kier molecular flexibility index (Phi) is 14.3. The quantitative estimate of drug-likeness (QED) is 0.115. The number of hydrogen-bond donors (Lipinski definition) is 0. The summed E-state index contributed by atoms with van der Waals surface area (Å²) in [7, 11) is 0. The Morgan fingerprint density at radius 2 is 0.456 bits per heavy atom. The van der Waals surface area contributed by atoms with Gasteiger partial charge in [-0.2, -0.15) is 0 Å². The number of carbonyl (C=O) groups excluding carboxylic acids is 8. The highest BCUT2D eigenvalue weighted by Gasteiger charge is 2.33. The van der Waals surface area contributed by atoms with Crippen LogP contribution in [-0.2, 0) is 89.7 Å². The molecule has 0 aliphatic carbocycles. The lowest BCUT2D eigenvalue weighted by Crippen LogP contribution is -2.31. The summed E-state index contributed by atoms with van der Waals surface area (Å²) in [5.74, 6) is -2.47. The minimum Gasteiger partial charge on any atom is -0.269 e. The molecule has 0 saturated carbocycles. The van der Waals surface area contributed by atoms with Gasteiger partial charge in [-0.1, -0.05) is 90.1 Å². The SMILES string of the molecule is CCc1cc(Cc2cc(C)c(N3C(=O)C=CC3=O)c(CC)c2)cc(C)c1N1C(=O)C=CC1=O.CCc1cc(Cc2cc(CC)c(N3C(=O)C=CC3=O)c(CC)c2)cc(CC)c1N1C(=O)C=CC1=O. The lowest BCUT2D eigenvalue weighted by atomic mass is 9.92. The molecule has 4 aliphatic heterocycles. The maximum atomic E-state index is 12.4. The molecule has 12 heteroatoms. The first kappa shape index (κ1) is 48.3. The van der Waals surface area contributed by atoms with Crippen molar-refractivity contribution in [2.45, 2.75) is 107 Å².